The van der Waals surface area contributed by atoms with Gasteiger partial charge in [-0.15, -0.1) is 0 Å². The van der Waals surface area contributed by atoms with Gasteiger partial charge in [-0.25, -0.2) is 0 Å². The number of ketones is 1. The Kier molecular flexibility index (Phi) is 12.3. The Morgan fingerprint density at radius 3 is 2.39 bits per heavy atom. The van der Waals surface area contributed by atoms with Gasteiger partial charge in [-0.3, -0.25) is 9.59 Å². The first-order chi connectivity index (χ1) is 13.3. The van der Waals surface area contributed by atoms with E-state index in [1.165, 1.54) is 0 Å². The number of carbonyl (C=O) groups excluding carboxylic acids is 2. The number of ether oxygens (including phenoxy) is 1. The number of carbonyl (C=O) groups is 2. The van der Waals surface area contributed by atoms with E-state index in [0.717, 1.165) is 32.1 Å². The fourth-order valence-corrected chi connectivity index (χ4v) is 3.99. The molecule has 0 aliphatic heterocycles. The van der Waals surface area contributed by atoms with Crippen molar-refractivity contribution in [3.63, 3.8) is 0 Å². The third-order valence-electron chi connectivity index (χ3n) is 5.53. The summed E-state index contributed by atoms with van der Waals surface area (Å²) >= 11 is 0. The van der Waals surface area contributed by atoms with Crippen LogP contribution >= 0.6 is 0 Å². The lowest BCUT2D eigenvalue weighted by Crippen LogP contribution is -2.22. The van der Waals surface area contributed by atoms with Crippen molar-refractivity contribution in [1.29, 1.82) is 0 Å². The van der Waals surface area contributed by atoms with Crippen LogP contribution in [0.1, 0.15) is 91.4 Å². The van der Waals surface area contributed by atoms with Gasteiger partial charge in [0.05, 0.1) is 18.3 Å². The molecule has 0 amide bonds. The highest BCUT2D eigenvalue weighted by Crippen LogP contribution is 2.38. The van der Waals surface area contributed by atoms with Crippen LogP contribution in [0, 0.1) is 11.8 Å². The summed E-state index contributed by atoms with van der Waals surface area (Å²) in [4.78, 5) is 23.5. The molecule has 4 atom stereocenters. The molecular formula is C23H40O5. The summed E-state index contributed by atoms with van der Waals surface area (Å²) < 4.78 is 5.10. The van der Waals surface area contributed by atoms with E-state index in [2.05, 4.69) is 6.92 Å². The Bertz CT molecular complexity index is 485. The van der Waals surface area contributed by atoms with Gasteiger partial charge in [-0.05, 0) is 64.2 Å². The summed E-state index contributed by atoms with van der Waals surface area (Å²) in [7, 11) is 0. The Balaban J connectivity index is 2.34. The molecule has 0 aromatic heterocycles. The fraction of sp³-hybridized carbons (Fsp3) is 0.826. The Morgan fingerprint density at radius 2 is 1.71 bits per heavy atom. The van der Waals surface area contributed by atoms with Crippen LogP contribution in [-0.4, -0.2) is 40.3 Å². The van der Waals surface area contributed by atoms with E-state index < -0.39 is 12.2 Å². The number of allylic oxidation sites excluding steroid dienone is 2. The zero-order valence-electron chi connectivity index (χ0n) is 17.9. The van der Waals surface area contributed by atoms with E-state index in [-0.39, 0.29) is 29.7 Å². The highest BCUT2D eigenvalue weighted by Gasteiger charge is 2.40. The maximum atomic E-state index is 12.0. The van der Waals surface area contributed by atoms with Crippen molar-refractivity contribution >= 4 is 11.8 Å². The van der Waals surface area contributed by atoms with Gasteiger partial charge < -0.3 is 14.9 Å². The second kappa shape index (κ2) is 13.9. The Hall–Kier alpha value is -1.20. The molecule has 1 aliphatic rings. The predicted molar refractivity (Wildman–Crippen MR) is 111 cm³/mol. The summed E-state index contributed by atoms with van der Waals surface area (Å²) in [6.45, 7) is 5.80. The van der Waals surface area contributed by atoms with Crippen molar-refractivity contribution in [2.75, 3.05) is 0 Å². The van der Waals surface area contributed by atoms with Gasteiger partial charge in [0, 0.05) is 19.3 Å². The summed E-state index contributed by atoms with van der Waals surface area (Å²) in [5.41, 5.74) is 0. The van der Waals surface area contributed by atoms with Crippen LogP contribution in [0.3, 0.4) is 0 Å². The average Bonchev–Trinajstić information content (AvgIpc) is 2.88. The SMILES string of the molecule is CCCCCC(=O)CC[C@H]1[C@H](C/C=C/CCCC(=O)OC(C)C)[C@H](O)C[C@H]1O. The molecule has 0 heterocycles. The maximum absolute atomic E-state index is 12.0. The molecule has 0 aromatic carbocycles. The second-order valence-corrected chi connectivity index (χ2v) is 8.37. The van der Waals surface area contributed by atoms with Gasteiger partial charge in [0.2, 0.25) is 0 Å². The topological polar surface area (TPSA) is 83.8 Å². The van der Waals surface area contributed by atoms with Crippen LogP contribution in [0.15, 0.2) is 12.2 Å². The van der Waals surface area contributed by atoms with Gasteiger partial charge in [0.25, 0.3) is 0 Å². The molecule has 162 valence electrons. The molecule has 1 fully saturated rings. The van der Waals surface area contributed by atoms with Crippen molar-refractivity contribution in [1.82, 2.24) is 0 Å². The number of rotatable bonds is 14. The number of esters is 1. The zero-order valence-corrected chi connectivity index (χ0v) is 17.9. The highest BCUT2D eigenvalue weighted by atomic mass is 16.5. The van der Waals surface area contributed by atoms with Gasteiger partial charge in [0.15, 0.2) is 0 Å². The maximum Gasteiger partial charge on any atom is 0.306 e. The van der Waals surface area contributed by atoms with E-state index >= 15 is 0 Å². The average molecular weight is 397 g/mol. The van der Waals surface area contributed by atoms with E-state index in [0.29, 0.717) is 38.5 Å². The molecule has 1 aliphatic carbocycles. The van der Waals surface area contributed by atoms with Crippen molar-refractivity contribution in [3.05, 3.63) is 12.2 Å². The third-order valence-corrected chi connectivity index (χ3v) is 5.53. The van der Waals surface area contributed by atoms with Crippen LogP contribution in [0.2, 0.25) is 0 Å². The number of unbranched alkanes of at least 4 members (excludes halogenated alkanes) is 3. The predicted octanol–water partition coefficient (Wildman–Crippen LogP) is 4.34. The lowest BCUT2D eigenvalue weighted by atomic mass is 9.86. The Labute approximate surface area is 170 Å². The highest BCUT2D eigenvalue weighted by molar-refractivity contribution is 5.78. The van der Waals surface area contributed by atoms with Crippen molar-refractivity contribution in [2.24, 2.45) is 11.8 Å². The van der Waals surface area contributed by atoms with Crippen LogP contribution in [0.25, 0.3) is 0 Å². The monoisotopic (exact) mass is 396 g/mol. The van der Waals surface area contributed by atoms with Crippen LogP contribution in [0.4, 0.5) is 0 Å². The van der Waals surface area contributed by atoms with Crippen LogP contribution < -0.4 is 0 Å². The van der Waals surface area contributed by atoms with Gasteiger partial charge in [-0.2, -0.15) is 0 Å². The van der Waals surface area contributed by atoms with Gasteiger partial charge in [-0.1, -0.05) is 31.9 Å². The second-order valence-electron chi connectivity index (χ2n) is 8.37. The molecule has 0 saturated heterocycles. The zero-order chi connectivity index (χ0) is 20.9. The summed E-state index contributed by atoms with van der Waals surface area (Å²) in [5, 5.41) is 20.6. The van der Waals surface area contributed by atoms with Gasteiger partial charge >= 0.3 is 5.97 Å². The quantitative estimate of drug-likeness (QED) is 0.259. The molecular weight excluding hydrogens is 356 g/mol. The van der Waals surface area contributed by atoms with E-state index in [4.69, 9.17) is 4.74 Å². The number of hydrogen-bond acceptors (Lipinski definition) is 5. The molecule has 5 nitrogen and oxygen atoms in total. The van der Waals surface area contributed by atoms with Crippen molar-refractivity contribution in [2.45, 2.75) is 110 Å². The molecule has 1 saturated carbocycles. The number of aliphatic hydroxyl groups is 2. The first-order valence-corrected chi connectivity index (χ1v) is 11.1. The first kappa shape index (κ1) is 24.8. The molecule has 0 unspecified atom stereocenters. The molecule has 0 spiro atoms. The molecule has 5 heteroatoms. The minimum atomic E-state index is -0.525. The first-order valence-electron chi connectivity index (χ1n) is 11.1. The number of hydrogen-bond donors (Lipinski definition) is 2. The smallest absolute Gasteiger partial charge is 0.306 e. The lowest BCUT2D eigenvalue weighted by Gasteiger charge is -2.22. The molecule has 0 bridgehead atoms. The molecule has 0 radical (unpaired) electrons. The van der Waals surface area contributed by atoms with Crippen molar-refractivity contribution in [3.8, 4) is 0 Å². The summed E-state index contributed by atoms with van der Waals surface area (Å²) in [5.74, 6) is 0.0856. The fourth-order valence-electron chi connectivity index (χ4n) is 3.99. The van der Waals surface area contributed by atoms with Crippen LogP contribution in [0.5, 0.6) is 0 Å². The summed E-state index contributed by atoms with van der Waals surface area (Å²) in [6.07, 6.45) is 10.9. The third kappa shape index (κ3) is 9.83. The molecule has 28 heavy (non-hydrogen) atoms. The minimum Gasteiger partial charge on any atom is -0.463 e. The molecule has 0 aromatic rings. The van der Waals surface area contributed by atoms with Crippen molar-refractivity contribution < 1.29 is 24.5 Å². The van der Waals surface area contributed by atoms with E-state index in [1.807, 2.05) is 26.0 Å². The largest absolute Gasteiger partial charge is 0.463 e. The lowest BCUT2D eigenvalue weighted by molar-refractivity contribution is -0.147. The van der Waals surface area contributed by atoms with Crippen LogP contribution in [-0.2, 0) is 14.3 Å². The normalized spacial score (nSPS) is 24.9. The van der Waals surface area contributed by atoms with E-state index in [9.17, 15) is 19.8 Å². The van der Waals surface area contributed by atoms with E-state index in [1.54, 1.807) is 0 Å². The molecule has 1 rings (SSSR count). The minimum absolute atomic E-state index is 0.000554. The standard InChI is InChI=1S/C23H40O5/c1-4-5-8-11-18(24)14-15-20-19(21(25)16-22(20)26)12-9-6-7-10-13-23(27)28-17(2)3/h6,9,17,19-22,25-26H,4-5,7-8,10-16H2,1-3H3/b9-6+/t19-,20-,21+,22+/m0/s1. The van der Waals surface area contributed by atoms with Gasteiger partial charge in [0.1, 0.15) is 5.78 Å². The number of aliphatic hydroxyl groups excluding tert-OH is 2. The molecule has 2 N–H and O–H groups in total. The Morgan fingerprint density at radius 1 is 1.00 bits per heavy atom. The number of Topliss-reactive ketones (excluding diaryl/α,β-unsaturated/α-hetero) is 1. The summed E-state index contributed by atoms with van der Waals surface area (Å²) in [6, 6.07) is 0.